The van der Waals surface area contributed by atoms with Gasteiger partial charge in [-0.25, -0.2) is 22.7 Å². The van der Waals surface area contributed by atoms with Crippen LogP contribution in [0.25, 0.3) is 0 Å². The van der Waals surface area contributed by atoms with Gasteiger partial charge in [-0.2, -0.15) is 0 Å². The summed E-state index contributed by atoms with van der Waals surface area (Å²) >= 11 is 0. The fourth-order valence-electron chi connectivity index (χ4n) is 2.41. The molecule has 0 radical (unpaired) electrons. The summed E-state index contributed by atoms with van der Waals surface area (Å²) in [4.78, 5) is 22.5. The predicted octanol–water partition coefficient (Wildman–Crippen LogP) is 0.883. The molecule has 0 spiro atoms. The van der Waals surface area contributed by atoms with Gasteiger partial charge >= 0.3 is 0 Å². The van der Waals surface area contributed by atoms with Crippen LogP contribution in [-0.4, -0.2) is 47.6 Å². The molecule has 1 aromatic carbocycles. The fraction of sp³-hybridized carbons (Fsp3) is 0.267. The molecule has 2 heterocycles. The van der Waals surface area contributed by atoms with Crippen LogP contribution in [0.1, 0.15) is 21.6 Å². The lowest BCUT2D eigenvalue weighted by molar-refractivity contribution is 0.0750. The number of carbonyl (C=O) groups excluding carboxylic acids is 1. The average Bonchev–Trinajstić information content (AvgIpc) is 2.98. The summed E-state index contributed by atoms with van der Waals surface area (Å²) in [7, 11) is -0.554. The van der Waals surface area contributed by atoms with Crippen molar-refractivity contribution < 1.29 is 13.2 Å². The number of hydrogen-bond acceptors (Lipinski definition) is 5. The lowest BCUT2D eigenvalue weighted by Crippen LogP contribution is -2.26. The lowest BCUT2D eigenvalue weighted by atomic mass is 10.2. The molecule has 1 aliphatic rings. The highest BCUT2D eigenvalue weighted by molar-refractivity contribution is 7.89. The number of fused-ring (bicyclic) bond motifs is 1. The SMILES string of the molecule is CN(C)S(=O)(=O)c1ccc(C(=O)N2Cc3cncnc3C2)cc1. The van der Waals surface area contributed by atoms with E-state index >= 15 is 0 Å². The van der Waals surface area contributed by atoms with E-state index in [-0.39, 0.29) is 10.8 Å². The van der Waals surface area contributed by atoms with Gasteiger partial charge in [-0.3, -0.25) is 4.79 Å². The Bertz CT molecular complexity index is 822. The maximum Gasteiger partial charge on any atom is 0.254 e. The molecule has 0 saturated carbocycles. The second-order valence-corrected chi connectivity index (χ2v) is 7.62. The smallest absolute Gasteiger partial charge is 0.254 e. The van der Waals surface area contributed by atoms with E-state index < -0.39 is 10.0 Å². The summed E-state index contributed by atoms with van der Waals surface area (Å²) in [5.41, 5.74) is 2.23. The van der Waals surface area contributed by atoms with Gasteiger partial charge in [0.2, 0.25) is 10.0 Å². The van der Waals surface area contributed by atoms with Crippen molar-refractivity contribution in [1.82, 2.24) is 19.2 Å². The van der Waals surface area contributed by atoms with E-state index in [1.165, 1.54) is 44.7 Å². The van der Waals surface area contributed by atoms with E-state index in [2.05, 4.69) is 9.97 Å². The van der Waals surface area contributed by atoms with Gasteiger partial charge in [0.15, 0.2) is 0 Å². The number of nitrogens with zero attached hydrogens (tertiary/aromatic N) is 4. The summed E-state index contributed by atoms with van der Waals surface area (Å²) in [6, 6.07) is 5.97. The Kier molecular flexibility index (Phi) is 3.87. The molecule has 2 aromatic rings. The summed E-state index contributed by atoms with van der Waals surface area (Å²) in [6.07, 6.45) is 3.18. The number of benzene rings is 1. The van der Waals surface area contributed by atoms with Gasteiger partial charge in [-0.05, 0) is 24.3 Å². The molecule has 0 aliphatic carbocycles. The molecule has 0 bridgehead atoms. The van der Waals surface area contributed by atoms with Crippen molar-refractivity contribution in [3.8, 4) is 0 Å². The maximum atomic E-state index is 12.5. The molecule has 3 rings (SSSR count). The number of rotatable bonds is 3. The molecule has 1 amide bonds. The minimum atomic E-state index is -3.49. The summed E-state index contributed by atoms with van der Waals surface area (Å²) in [5.74, 6) is -0.156. The Morgan fingerprint density at radius 3 is 2.48 bits per heavy atom. The van der Waals surface area contributed by atoms with Crippen LogP contribution in [0, 0.1) is 0 Å². The predicted molar refractivity (Wildman–Crippen MR) is 82.9 cm³/mol. The van der Waals surface area contributed by atoms with Gasteiger partial charge in [0.25, 0.3) is 5.91 Å². The van der Waals surface area contributed by atoms with Crippen molar-refractivity contribution in [3.05, 3.63) is 53.6 Å². The van der Waals surface area contributed by atoms with Crippen molar-refractivity contribution in [3.63, 3.8) is 0 Å². The molecule has 0 fully saturated rings. The zero-order chi connectivity index (χ0) is 16.6. The molecule has 1 aliphatic heterocycles. The first-order valence-electron chi connectivity index (χ1n) is 6.99. The minimum absolute atomic E-state index is 0.156. The summed E-state index contributed by atoms with van der Waals surface area (Å²) in [6.45, 7) is 0.904. The van der Waals surface area contributed by atoms with Crippen LogP contribution in [0.4, 0.5) is 0 Å². The first kappa shape index (κ1) is 15.6. The normalized spacial score (nSPS) is 14.1. The zero-order valence-electron chi connectivity index (χ0n) is 12.8. The second kappa shape index (κ2) is 5.71. The molecular weight excluding hydrogens is 316 g/mol. The molecule has 0 N–H and O–H groups in total. The van der Waals surface area contributed by atoms with E-state index in [1.807, 2.05) is 0 Å². The quantitative estimate of drug-likeness (QED) is 0.833. The second-order valence-electron chi connectivity index (χ2n) is 5.47. The number of hydrogen-bond donors (Lipinski definition) is 0. The standard InChI is InChI=1S/C15H16N4O3S/c1-18(2)23(21,22)13-5-3-11(4-6-13)15(20)19-8-12-7-16-10-17-14(12)9-19/h3-7,10H,8-9H2,1-2H3. The van der Waals surface area contributed by atoms with Crippen molar-refractivity contribution in [2.45, 2.75) is 18.0 Å². The van der Waals surface area contributed by atoms with Crippen molar-refractivity contribution in [2.75, 3.05) is 14.1 Å². The maximum absolute atomic E-state index is 12.5. The van der Waals surface area contributed by atoms with Crippen LogP contribution in [0.5, 0.6) is 0 Å². The molecule has 8 heteroatoms. The Hall–Kier alpha value is -2.32. The third-order valence-electron chi connectivity index (χ3n) is 3.75. The molecule has 120 valence electrons. The highest BCUT2D eigenvalue weighted by atomic mass is 32.2. The number of aromatic nitrogens is 2. The Labute approximate surface area is 134 Å². The lowest BCUT2D eigenvalue weighted by Gasteiger charge is -2.16. The van der Waals surface area contributed by atoms with E-state index in [0.29, 0.717) is 18.7 Å². The summed E-state index contributed by atoms with van der Waals surface area (Å²) < 4.78 is 25.2. The van der Waals surface area contributed by atoms with Crippen molar-refractivity contribution >= 4 is 15.9 Å². The number of carbonyl (C=O) groups is 1. The largest absolute Gasteiger partial charge is 0.328 e. The van der Waals surface area contributed by atoms with Gasteiger partial charge in [-0.1, -0.05) is 0 Å². The van der Waals surface area contributed by atoms with E-state index in [0.717, 1.165) is 15.6 Å². The van der Waals surface area contributed by atoms with Gasteiger partial charge in [0.05, 0.1) is 17.1 Å². The third kappa shape index (κ3) is 2.82. The van der Waals surface area contributed by atoms with Gasteiger partial charge < -0.3 is 4.90 Å². The third-order valence-corrected chi connectivity index (χ3v) is 5.58. The van der Waals surface area contributed by atoms with Gasteiger partial charge in [0.1, 0.15) is 6.33 Å². The Morgan fingerprint density at radius 1 is 1.17 bits per heavy atom. The highest BCUT2D eigenvalue weighted by Gasteiger charge is 2.26. The van der Waals surface area contributed by atoms with E-state index in [4.69, 9.17) is 0 Å². The van der Waals surface area contributed by atoms with Crippen LogP contribution in [-0.2, 0) is 23.1 Å². The van der Waals surface area contributed by atoms with Crippen LogP contribution in [0.15, 0.2) is 41.7 Å². The zero-order valence-corrected chi connectivity index (χ0v) is 13.6. The van der Waals surface area contributed by atoms with Crippen LogP contribution in [0.3, 0.4) is 0 Å². The molecule has 0 atom stereocenters. The molecule has 7 nitrogen and oxygen atoms in total. The van der Waals surface area contributed by atoms with Crippen molar-refractivity contribution in [2.24, 2.45) is 0 Å². The number of amides is 1. The van der Waals surface area contributed by atoms with Gasteiger partial charge in [0, 0.05) is 38.0 Å². The average molecular weight is 332 g/mol. The highest BCUT2D eigenvalue weighted by Crippen LogP contribution is 2.22. The fourth-order valence-corrected chi connectivity index (χ4v) is 3.31. The number of sulfonamides is 1. The topological polar surface area (TPSA) is 83.5 Å². The molecule has 0 unspecified atom stereocenters. The molecular formula is C15H16N4O3S. The summed E-state index contributed by atoms with van der Waals surface area (Å²) in [5, 5.41) is 0. The monoisotopic (exact) mass is 332 g/mol. The Morgan fingerprint density at radius 2 is 1.87 bits per heavy atom. The first-order chi connectivity index (χ1) is 10.9. The molecule has 1 aromatic heterocycles. The van der Waals surface area contributed by atoms with Crippen LogP contribution >= 0.6 is 0 Å². The van der Waals surface area contributed by atoms with Crippen LogP contribution < -0.4 is 0 Å². The Balaban J connectivity index is 1.80. The van der Waals surface area contributed by atoms with E-state index in [9.17, 15) is 13.2 Å². The van der Waals surface area contributed by atoms with Crippen LogP contribution in [0.2, 0.25) is 0 Å². The van der Waals surface area contributed by atoms with Gasteiger partial charge in [-0.15, -0.1) is 0 Å². The molecule has 23 heavy (non-hydrogen) atoms. The molecule has 0 saturated heterocycles. The minimum Gasteiger partial charge on any atom is -0.328 e. The first-order valence-corrected chi connectivity index (χ1v) is 8.43. The van der Waals surface area contributed by atoms with Crippen molar-refractivity contribution in [1.29, 1.82) is 0 Å². The van der Waals surface area contributed by atoms with E-state index in [1.54, 1.807) is 11.1 Å².